The maximum absolute atomic E-state index is 10.6. The lowest BCUT2D eigenvalue weighted by Gasteiger charge is -2.37. The van der Waals surface area contributed by atoms with Crippen molar-refractivity contribution in [2.24, 2.45) is 5.92 Å². The highest BCUT2D eigenvalue weighted by Crippen LogP contribution is 2.30. The van der Waals surface area contributed by atoms with Crippen LogP contribution in [0.25, 0.3) is 0 Å². The van der Waals surface area contributed by atoms with E-state index in [9.17, 15) is 4.79 Å². The van der Waals surface area contributed by atoms with Crippen molar-refractivity contribution in [1.29, 1.82) is 0 Å². The molecule has 1 aliphatic carbocycles. The van der Waals surface area contributed by atoms with Gasteiger partial charge in [0.2, 0.25) is 0 Å². The summed E-state index contributed by atoms with van der Waals surface area (Å²) in [4.78, 5) is 13.0. The molecule has 16 heavy (non-hydrogen) atoms. The smallest absolute Gasteiger partial charge is 0.304 e. The van der Waals surface area contributed by atoms with Gasteiger partial charge in [0.05, 0.1) is 19.6 Å². The molecule has 0 radical (unpaired) electrons. The standard InChI is InChI=1S/C12H21NO3/c14-12(15)5-6-13-7-8-16-9-10-3-1-2-4-11(10)13/h10-11H,1-9H2,(H,14,15)/t10-,11+/m0/s1. The van der Waals surface area contributed by atoms with Gasteiger partial charge in [0, 0.05) is 19.1 Å². The predicted octanol–water partition coefficient (Wildman–Crippen LogP) is 1.35. The molecule has 4 heteroatoms. The van der Waals surface area contributed by atoms with Crippen molar-refractivity contribution in [2.45, 2.75) is 38.1 Å². The first-order valence-corrected chi connectivity index (χ1v) is 6.31. The Kier molecular flexibility index (Phi) is 4.18. The van der Waals surface area contributed by atoms with Crippen LogP contribution in [0.3, 0.4) is 0 Å². The summed E-state index contributed by atoms with van der Waals surface area (Å²) >= 11 is 0. The summed E-state index contributed by atoms with van der Waals surface area (Å²) < 4.78 is 5.61. The fourth-order valence-corrected chi connectivity index (χ4v) is 2.96. The van der Waals surface area contributed by atoms with Crippen LogP contribution < -0.4 is 0 Å². The zero-order valence-corrected chi connectivity index (χ0v) is 9.73. The first-order chi connectivity index (χ1) is 7.77. The van der Waals surface area contributed by atoms with E-state index in [2.05, 4.69) is 4.90 Å². The Labute approximate surface area is 96.6 Å². The maximum atomic E-state index is 10.6. The Hall–Kier alpha value is -0.610. The molecule has 2 rings (SSSR count). The van der Waals surface area contributed by atoms with Crippen LogP contribution in [-0.2, 0) is 9.53 Å². The summed E-state index contributed by atoms with van der Waals surface area (Å²) in [6.07, 6.45) is 5.30. The summed E-state index contributed by atoms with van der Waals surface area (Å²) in [5.74, 6) is -0.0671. The second kappa shape index (κ2) is 5.64. The Bertz CT molecular complexity index is 244. The van der Waals surface area contributed by atoms with Crippen LogP contribution in [0.4, 0.5) is 0 Å². The first-order valence-electron chi connectivity index (χ1n) is 6.31. The van der Waals surface area contributed by atoms with Crippen LogP contribution in [-0.4, -0.2) is 48.3 Å². The molecule has 0 aromatic heterocycles. The molecule has 2 fully saturated rings. The summed E-state index contributed by atoms with van der Waals surface area (Å²) in [7, 11) is 0. The van der Waals surface area contributed by atoms with Gasteiger partial charge in [0.25, 0.3) is 0 Å². The summed E-state index contributed by atoms with van der Waals surface area (Å²) in [6, 6.07) is 0.565. The minimum Gasteiger partial charge on any atom is -0.481 e. The van der Waals surface area contributed by atoms with Crippen molar-refractivity contribution in [3.05, 3.63) is 0 Å². The number of aliphatic carboxylic acids is 1. The Morgan fingerprint density at radius 3 is 3.00 bits per heavy atom. The van der Waals surface area contributed by atoms with Crippen LogP contribution >= 0.6 is 0 Å². The highest BCUT2D eigenvalue weighted by Gasteiger charge is 2.32. The number of fused-ring (bicyclic) bond motifs is 1. The van der Waals surface area contributed by atoms with Gasteiger partial charge in [-0.25, -0.2) is 0 Å². The molecule has 1 saturated carbocycles. The molecule has 0 unspecified atom stereocenters. The Morgan fingerprint density at radius 1 is 1.38 bits per heavy atom. The molecule has 0 amide bonds. The highest BCUT2D eigenvalue weighted by molar-refractivity contribution is 5.66. The molecule has 1 saturated heterocycles. The van der Waals surface area contributed by atoms with E-state index in [0.29, 0.717) is 18.5 Å². The summed E-state index contributed by atoms with van der Waals surface area (Å²) in [6.45, 7) is 3.20. The van der Waals surface area contributed by atoms with Crippen LogP contribution in [0.15, 0.2) is 0 Å². The Balaban J connectivity index is 1.94. The highest BCUT2D eigenvalue weighted by atomic mass is 16.5. The average molecular weight is 227 g/mol. The molecule has 1 N–H and O–H groups in total. The van der Waals surface area contributed by atoms with Crippen molar-refractivity contribution in [3.8, 4) is 0 Å². The third-order valence-electron chi connectivity index (χ3n) is 3.81. The lowest BCUT2D eigenvalue weighted by molar-refractivity contribution is -0.137. The lowest BCUT2D eigenvalue weighted by atomic mass is 9.84. The van der Waals surface area contributed by atoms with E-state index < -0.39 is 5.97 Å². The van der Waals surface area contributed by atoms with E-state index in [1.165, 1.54) is 25.7 Å². The van der Waals surface area contributed by atoms with Crippen molar-refractivity contribution >= 4 is 5.97 Å². The average Bonchev–Trinajstić information content (AvgIpc) is 2.48. The molecular weight excluding hydrogens is 206 g/mol. The number of carbonyl (C=O) groups is 1. The molecule has 4 nitrogen and oxygen atoms in total. The second-order valence-electron chi connectivity index (χ2n) is 4.87. The van der Waals surface area contributed by atoms with Gasteiger partial charge in [0.15, 0.2) is 0 Å². The number of carboxylic acids is 1. The normalized spacial score (nSPS) is 31.8. The SMILES string of the molecule is O=C(O)CCN1CCOC[C@@H]2CCCC[C@H]21. The van der Waals surface area contributed by atoms with E-state index in [4.69, 9.17) is 9.84 Å². The predicted molar refractivity (Wildman–Crippen MR) is 60.4 cm³/mol. The van der Waals surface area contributed by atoms with Gasteiger partial charge in [-0.2, -0.15) is 0 Å². The minimum atomic E-state index is -0.697. The van der Waals surface area contributed by atoms with Gasteiger partial charge in [-0.05, 0) is 18.8 Å². The number of ether oxygens (including phenoxy) is 1. The molecular formula is C12H21NO3. The third-order valence-corrected chi connectivity index (χ3v) is 3.81. The van der Waals surface area contributed by atoms with Crippen LogP contribution in [0, 0.1) is 5.92 Å². The van der Waals surface area contributed by atoms with E-state index in [-0.39, 0.29) is 6.42 Å². The minimum absolute atomic E-state index is 0.253. The van der Waals surface area contributed by atoms with E-state index in [1.807, 2.05) is 0 Å². The topological polar surface area (TPSA) is 49.8 Å². The molecule has 0 spiro atoms. The fourth-order valence-electron chi connectivity index (χ4n) is 2.96. The molecule has 2 aliphatic rings. The van der Waals surface area contributed by atoms with Crippen molar-refractivity contribution in [2.75, 3.05) is 26.3 Å². The van der Waals surface area contributed by atoms with Crippen molar-refractivity contribution in [1.82, 2.24) is 4.90 Å². The van der Waals surface area contributed by atoms with Gasteiger partial charge in [-0.1, -0.05) is 12.8 Å². The van der Waals surface area contributed by atoms with Gasteiger partial charge in [-0.15, -0.1) is 0 Å². The summed E-state index contributed by atoms with van der Waals surface area (Å²) in [5, 5.41) is 8.75. The maximum Gasteiger partial charge on any atom is 0.304 e. The molecule has 0 aromatic carbocycles. The van der Waals surface area contributed by atoms with Gasteiger partial charge < -0.3 is 9.84 Å². The van der Waals surface area contributed by atoms with Gasteiger partial charge >= 0.3 is 5.97 Å². The largest absolute Gasteiger partial charge is 0.481 e. The molecule has 0 bridgehead atoms. The molecule has 2 atom stereocenters. The molecule has 1 aliphatic heterocycles. The molecule has 1 heterocycles. The zero-order chi connectivity index (χ0) is 11.4. The van der Waals surface area contributed by atoms with Crippen molar-refractivity contribution in [3.63, 3.8) is 0 Å². The number of nitrogens with zero attached hydrogens (tertiary/aromatic N) is 1. The number of carboxylic acid groups (broad SMARTS) is 1. The lowest BCUT2D eigenvalue weighted by Crippen LogP contribution is -2.43. The number of rotatable bonds is 3. The van der Waals surface area contributed by atoms with E-state index in [0.717, 1.165) is 19.8 Å². The van der Waals surface area contributed by atoms with E-state index in [1.54, 1.807) is 0 Å². The number of hydrogen-bond donors (Lipinski definition) is 1. The second-order valence-corrected chi connectivity index (χ2v) is 4.87. The zero-order valence-electron chi connectivity index (χ0n) is 9.73. The van der Waals surface area contributed by atoms with Crippen LogP contribution in [0.1, 0.15) is 32.1 Å². The molecule has 0 aromatic rings. The quantitative estimate of drug-likeness (QED) is 0.790. The fraction of sp³-hybridized carbons (Fsp3) is 0.917. The van der Waals surface area contributed by atoms with Gasteiger partial charge in [-0.3, -0.25) is 9.69 Å². The number of hydrogen-bond acceptors (Lipinski definition) is 3. The van der Waals surface area contributed by atoms with Crippen LogP contribution in [0.2, 0.25) is 0 Å². The van der Waals surface area contributed by atoms with E-state index >= 15 is 0 Å². The van der Waals surface area contributed by atoms with Crippen molar-refractivity contribution < 1.29 is 14.6 Å². The van der Waals surface area contributed by atoms with Crippen LogP contribution in [0.5, 0.6) is 0 Å². The third kappa shape index (κ3) is 2.95. The first kappa shape index (κ1) is 11.9. The summed E-state index contributed by atoms with van der Waals surface area (Å²) in [5.41, 5.74) is 0. The molecule has 92 valence electrons. The Morgan fingerprint density at radius 2 is 2.19 bits per heavy atom. The van der Waals surface area contributed by atoms with Gasteiger partial charge in [0.1, 0.15) is 0 Å². The monoisotopic (exact) mass is 227 g/mol.